The van der Waals surface area contributed by atoms with E-state index in [2.05, 4.69) is 42.6 Å². The van der Waals surface area contributed by atoms with Crippen LogP contribution in [0.5, 0.6) is 0 Å². The van der Waals surface area contributed by atoms with Gasteiger partial charge in [0.05, 0.1) is 0 Å². The smallest absolute Gasteiger partial charge is 0.265 e. The topological polar surface area (TPSA) is 93.5 Å². The summed E-state index contributed by atoms with van der Waals surface area (Å²) in [5.41, 5.74) is -1.57. The maximum absolute atomic E-state index is 11.1. The van der Waals surface area contributed by atoms with Gasteiger partial charge in [0.1, 0.15) is 0 Å². The zero-order valence-electron chi connectivity index (χ0n) is 8.55. The van der Waals surface area contributed by atoms with E-state index < -0.39 is 11.1 Å². The Morgan fingerprint density at radius 1 is 1.35 bits per heavy atom. The van der Waals surface area contributed by atoms with E-state index >= 15 is 0 Å². The highest BCUT2D eigenvalue weighted by Gasteiger charge is 2.07. The van der Waals surface area contributed by atoms with E-state index in [0.29, 0.717) is 10.3 Å². The van der Waals surface area contributed by atoms with Gasteiger partial charge in [0, 0.05) is 23.0 Å². The van der Waals surface area contributed by atoms with E-state index in [1.165, 1.54) is 4.68 Å². The van der Waals surface area contributed by atoms with Crippen molar-refractivity contribution < 1.29 is 0 Å². The number of aryl methyl sites for hydroxylation is 1. The lowest BCUT2D eigenvalue weighted by atomic mass is 10.7. The average molecular weight is 363 g/mol. The maximum atomic E-state index is 11.1. The summed E-state index contributed by atoms with van der Waals surface area (Å²) in [5.74, 6) is 0. The molecule has 0 aromatic carbocycles. The highest BCUT2D eigenvalue weighted by molar-refractivity contribution is 14.1. The second-order valence-electron chi connectivity index (χ2n) is 2.99. The third-order valence-corrected chi connectivity index (χ3v) is 3.23. The summed E-state index contributed by atoms with van der Waals surface area (Å²) in [4.78, 5) is 33.9. The summed E-state index contributed by atoms with van der Waals surface area (Å²) < 4.78 is 2.27. The van der Waals surface area contributed by atoms with Gasteiger partial charge in [0.2, 0.25) is 0 Å². The van der Waals surface area contributed by atoms with Gasteiger partial charge < -0.3 is 0 Å². The van der Waals surface area contributed by atoms with Crippen molar-refractivity contribution in [2.45, 2.75) is 10.3 Å². The normalized spacial score (nSPS) is 10.5. The standard InChI is InChI=1S/C8H6IN5O2S/c1-14-8(12-5(15)6(16)13-14)17-7-10-2-4(9)3-11-7/h2-3H,1H3,(H,13,16). The molecule has 7 nitrogen and oxygen atoms in total. The minimum Gasteiger partial charge on any atom is -0.265 e. The van der Waals surface area contributed by atoms with Crippen molar-refractivity contribution >= 4 is 34.4 Å². The number of rotatable bonds is 2. The zero-order valence-corrected chi connectivity index (χ0v) is 11.5. The Hall–Kier alpha value is -1.23. The second-order valence-corrected chi connectivity index (χ2v) is 5.17. The van der Waals surface area contributed by atoms with Crippen molar-refractivity contribution in [3.05, 3.63) is 36.7 Å². The molecule has 2 aromatic heterocycles. The Labute approximate surface area is 113 Å². The number of nitrogens with one attached hydrogen (secondary N) is 1. The Balaban J connectivity index is 2.36. The predicted molar refractivity (Wildman–Crippen MR) is 69.0 cm³/mol. The Kier molecular flexibility index (Phi) is 3.57. The Morgan fingerprint density at radius 3 is 2.65 bits per heavy atom. The first-order chi connectivity index (χ1) is 8.06. The van der Waals surface area contributed by atoms with Crippen LogP contribution in [-0.2, 0) is 7.05 Å². The summed E-state index contributed by atoms with van der Waals surface area (Å²) in [6.45, 7) is 0. The summed E-state index contributed by atoms with van der Waals surface area (Å²) in [6.07, 6.45) is 3.30. The summed E-state index contributed by atoms with van der Waals surface area (Å²) in [7, 11) is 1.59. The first kappa shape index (κ1) is 12.2. The summed E-state index contributed by atoms with van der Waals surface area (Å²) in [5, 5.41) is 3.13. The van der Waals surface area contributed by atoms with Gasteiger partial charge in [-0.25, -0.2) is 9.97 Å². The molecule has 0 atom stereocenters. The van der Waals surface area contributed by atoms with Gasteiger partial charge in [-0.05, 0) is 34.4 Å². The minimum atomic E-state index is -0.823. The highest BCUT2D eigenvalue weighted by atomic mass is 127. The highest BCUT2D eigenvalue weighted by Crippen LogP contribution is 2.19. The minimum absolute atomic E-state index is 0.329. The third kappa shape index (κ3) is 2.91. The van der Waals surface area contributed by atoms with Crippen LogP contribution in [0.2, 0.25) is 0 Å². The van der Waals surface area contributed by atoms with Crippen molar-refractivity contribution in [2.75, 3.05) is 0 Å². The maximum Gasteiger partial charge on any atom is 0.339 e. The first-order valence-corrected chi connectivity index (χ1v) is 6.28. The number of hydrogen-bond donors (Lipinski definition) is 1. The molecule has 2 heterocycles. The van der Waals surface area contributed by atoms with Crippen LogP contribution in [0.3, 0.4) is 0 Å². The Bertz CT molecular complexity index is 650. The fourth-order valence-corrected chi connectivity index (χ4v) is 1.95. The van der Waals surface area contributed by atoms with Crippen LogP contribution < -0.4 is 11.1 Å². The molecule has 88 valence electrons. The first-order valence-electron chi connectivity index (χ1n) is 4.39. The molecule has 0 fully saturated rings. The van der Waals surface area contributed by atoms with Crippen LogP contribution in [0.25, 0.3) is 0 Å². The molecular formula is C8H6IN5O2S. The SMILES string of the molecule is Cn1[nH]c(=O)c(=O)nc1Sc1ncc(I)cn1. The van der Waals surface area contributed by atoms with E-state index in [9.17, 15) is 9.59 Å². The van der Waals surface area contributed by atoms with Gasteiger partial charge in [-0.1, -0.05) is 0 Å². The van der Waals surface area contributed by atoms with E-state index in [1.807, 2.05) is 0 Å². The van der Waals surface area contributed by atoms with Crippen molar-refractivity contribution in [1.82, 2.24) is 24.7 Å². The predicted octanol–water partition coefficient (Wildman–Crippen LogP) is 0.0144. The van der Waals surface area contributed by atoms with Crippen LogP contribution in [0, 0.1) is 3.57 Å². The van der Waals surface area contributed by atoms with E-state index in [-0.39, 0.29) is 0 Å². The van der Waals surface area contributed by atoms with Crippen LogP contribution in [0.4, 0.5) is 0 Å². The van der Waals surface area contributed by atoms with Gasteiger partial charge in [-0.2, -0.15) is 4.98 Å². The van der Waals surface area contributed by atoms with Crippen LogP contribution in [-0.4, -0.2) is 24.7 Å². The molecule has 0 unspecified atom stereocenters. The van der Waals surface area contributed by atoms with Crippen molar-refractivity contribution in [3.63, 3.8) is 0 Å². The van der Waals surface area contributed by atoms with Crippen LogP contribution >= 0.6 is 34.4 Å². The largest absolute Gasteiger partial charge is 0.339 e. The summed E-state index contributed by atoms with van der Waals surface area (Å²) in [6, 6.07) is 0. The number of H-pyrrole nitrogens is 1. The monoisotopic (exact) mass is 363 g/mol. The number of hydrogen-bond acceptors (Lipinski definition) is 6. The summed E-state index contributed by atoms with van der Waals surface area (Å²) >= 11 is 3.19. The average Bonchev–Trinajstić information content (AvgIpc) is 2.29. The van der Waals surface area contributed by atoms with E-state index in [1.54, 1.807) is 19.4 Å². The van der Waals surface area contributed by atoms with E-state index in [0.717, 1.165) is 15.3 Å². The van der Waals surface area contributed by atoms with Crippen LogP contribution in [0.15, 0.2) is 32.3 Å². The molecule has 2 rings (SSSR count). The van der Waals surface area contributed by atoms with Crippen molar-refractivity contribution in [1.29, 1.82) is 0 Å². The quantitative estimate of drug-likeness (QED) is 0.459. The zero-order chi connectivity index (χ0) is 12.4. The molecule has 0 bridgehead atoms. The van der Waals surface area contributed by atoms with Crippen molar-refractivity contribution in [2.24, 2.45) is 7.05 Å². The molecule has 1 N–H and O–H groups in total. The lowest BCUT2D eigenvalue weighted by molar-refractivity contribution is 0.595. The Morgan fingerprint density at radius 2 is 2.00 bits per heavy atom. The molecule has 0 spiro atoms. The van der Waals surface area contributed by atoms with Gasteiger partial charge in [-0.15, -0.1) is 0 Å². The van der Waals surface area contributed by atoms with Crippen molar-refractivity contribution in [3.8, 4) is 0 Å². The third-order valence-electron chi connectivity index (χ3n) is 1.73. The molecule has 0 saturated heterocycles. The number of aromatic amines is 1. The number of nitrogens with zero attached hydrogens (tertiary/aromatic N) is 4. The molecule has 2 aromatic rings. The molecule has 0 aliphatic carbocycles. The lowest BCUT2D eigenvalue weighted by Gasteiger charge is -2.03. The van der Waals surface area contributed by atoms with E-state index in [4.69, 9.17) is 0 Å². The van der Waals surface area contributed by atoms with Gasteiger partial charge in [0.15, 0.2) is 10.3 Å². The second kappa shape index (κ2) is 4.96. The number of halogens is 1. The lowest BCUT2D eigenvalue weighted by Crippen LogP contribution is -2.33. The van der Waals surface area contributed by atoms with Crippen LogP contribution in [0.1, 0.15) is 0 Å². The molecule has 0 aliphatic heterocycles. The molecular weight excluding hydrogens is 357 g/mol. The van der Waals surface area contributed by atoms with Gasteiger partial charge in [-0.3, -0.25) is 19.4 Å². The molecule has 0 aliphatic rings. The molecule has 9 heteroatoms. The molecule has 0 saturated carbocycles. The molecule has 0 amide bonds. The van der Waals surface area contributed by atoms with Gasteiger partial charge >= 0.3 is 11.1 Å². The van der Waals surface area contributed by atoms with Gasteiger partial charge in [0.25, 0.3) is 0 Å². The molecule has 0 radical (unpaired) electrons. The molecule has 17 heavy (non-hydrogen) atoms. The fraction of sp³-hybridized carbons (Fsp3) is 0.125. The fourth-order valence-electron chi connectivity index (χ4n) is 0.987. The number of aromatic nitrogens is 5.